The zero-order valence-corrected chi connectivity index (χ0v) is 23.0. The maximum absolute atomic E-state index is 13.7. The molecular weight excluding hydrogens is 476 g/mol. The van der Waals surface area contributed by atoms with E-state index in [1.54, 1.807) is 7.11 Å². The molecule has 0 spiro atoms. The average molecular weight is 513 g/mol. The first kappa shape index (κ1) is 24.4. The van der Waals surface area contributed by atoms with Gasteiger partial charge in [-0.05, 0) is 69.2 Å². The van der Waals surface area contributed by atoms with Crippen LogP contribution in [0.2, 0.25) is 0 Å². The van der Waals surface area contributed by atoms with Crippen LogP contribution >= 0.6 is 0 Å². The second kappa shape index (κ2) is 8.95. The quantitative estimate of drug-likeness (QED) is 0.250. The molecule has 7 rings (SSSR count). The number of hydrogen-bond donors (Lipinski definition) is 0. The van der Waals surface area contributed by atoms with Crippen LogP contribution in [0.1, 0.15) is 74.1 Å². The fourth-order valence-electron chi connectivity index (χ4n) is 9.42. The molecule has 0 aromatic heterocycles. The second-order valence-corrected chi connectivity index (χ2v) is 11.7. The Balaban J connectivity index is 1.66. The first-order valence-electron chi connectivity index (χ1n) is 14.6. The summed E-state index contributed by atoms with van der Waals surface area (Å²) in [5, 5.41) is 0. The molecular formula is C37H36O2. The van der Waals surface area contributed by atoms with E-state index < -0.39 is 5.41 Å². The molecule has 39 heavy (non-hydrogen) atoms. The van der Waals surface area contributed by atoms with Gasteiger partial charge in [0.15, 0.2) is 0 Å². The van der Waals surface area contributed by atoms with Crippen molar-refractivity contribution in [2.45, 2.75) is 62.7 Å². The molecule has 0 aliphatic heterocycles. The highest BCUT2D eigenvalue weighted by Gasteiger charge is 2.68. The molecule has 0 radical (unpaired) electrons. The summed E-state index contributed by atoms with van der Waals surface area (Å²) < 4.78 is 5.53. The molecule has 4 aromatic carbocycles. The van der Waals surface area contributed by atoms with Gasteiger partial charge < -0.3 is 4.74 Å². The van der Waals surface area contributed by atoms with Crippen molar-refractivity contribution in [2.24, 2.45) is 5.41 Å². The zero-order valence-electron chi connectivity index (χ0n) is 23.0. The van der Waals surface area contributed by atoms with Gasteiger partial charge in [-0.1, -0.05) is 123 Å². The summed E-state index contributed by atoms with van der Waals surface area (Å²) in [4.78, 5) is 13.7. The SMILES string of the molecule is CCC1(C2(C3(CC(=O)OC)c4ccccc4-c4ccccc43)CCCCC2)c2ccccc2-c2ccccc21. The minimum Gasteiger partial charge on any atom is -0.469 e. The number of methoxy groups -OCH3 is 1. The number of hydrogen-bond acceptors (Lipinski definition) is 2. The van der Waals surface area contributed by atoms with Gasteiger partial charge in [0.25, 0.3) is 0 Å². The van der Waals surface area contributed by atoms with Crippen LogP contribution in [0.4, 0.5) is 0 Å². The lowest BCUT2D eigenvalue weighted by Gasteiger charge is -2.61. The predicted octanol–water partition coefficient (Wildman–Crippen LogP) is 8.84. The molecule has 0 amide bonds. The van der Waals surface area contributed by atoms with Crippen molar-refractivity contribution in [2.75, 3.05) is 7.11 Å². The van der Waals surface area contributed by atoms with Crippen LogP contribution in [0.3, 0.4) is 0 Å². The predicted molar refractivity (Wildman–Crippen MR) is 158 cm³/mol. The zero-order chi connectivity index (χ0) is 26.7. The fourth-order valence-corrected chi connectivity index (χ4v) is 9.42. The largest absolute Gasteiger partial charge is 0.469 e. The van der Waals surface area contributed by atoms with E-state index in [1.165, 1.54) is 63.8 Å². The van der Waals surface area contributed by atoms with E-state index in [0.29, 0.717) is 6.42 Å². The smallest absolute Gasteiger partial charge is 0.306 e. The molecule has 0 unspecified atom stereocenters. The highest BCUT2D eigenvalue weighted by atomic mass is 16.5. The third kappa shape index (κ3) is 2.95. The first-order chi connectivity index (χ1) is 19.1. The molecule has 1 saturated carbocycles. The van der Waals surface area contributed by atoms with Crippen LogP contribution in [-0.2, 0) is 20.4 Å². The van der Waals surface area contributed by atoms with Crippen LogP contribution in [0.25, 0.3) is 22.3 Å². The van der Waals surface area contributed by atoms with E-state index in [4.69, 9.17) is 4.74 Å². The summed E-state index contributed by atoms with van der Waals surface area (Å²) in [6, 6.07) is 36.0. The van der Waals surface area contributed by atoms with Gasteiger partial charge in [-0.15, -0.1) is 0 Å². The molecule has 196 valence electrons. The van der Waals surface area contributed by atoms with Crippen molar-refractivity contribution in [3.8, 4) is 22.3 Å². The Morgan fingerprint density at radius 1 is 0.615 bits per heavy atom. The molecule has 0 N–H and O–H groups in total. The minimum absolute atomic E-state index is 0.128. The molecule has 3 aliphatic rings. The Morgan fingerprint density at radius 3 is 1.38 bits per heavy atom. The van der Waals surface area contributed by atoms with E-state index in [2.05, 4.69) is 104 Å². The van der Waals surface area contributed by atoms with Gasteiger partial charge in [0.05, 0.1) is 13.5 Å². The average Bonchev–Trinajstić information content (AvgIpc) is 3.47. The molecule has 2 nitrogen and oxygen atoms in total. The van der Waals surface area contributed by atoms with E-state index in [0.717, 1.165) is 19.3 Å². The summed E-state index contributed by atoms with van der Waals surface area (Å²) in [5.41, 5.74) is 9.76. The van der Waals surface area contributed by atoms with Crippen LogP contribution in [0.5, 0.6) is 0 Å². The van der Waals surface area contributed by atoms with Gasteiger partial charge in [-0.2, -0.15) is 0 Å². The normalized spacial score (nSPS) is 18.9. The summed E-state index contributed by atoms with van der Waals surface area (Å²) >= 11 is 0. The second-order valence-electron chi connectivity index (χ2n) is 11.7. The van der Waals surface area contributed by atoms with Crippen LogP contribution in [0.15, 0.2) is 97.1 Å². The third-order valence-corrected chi connectivity index (χ3v) is 10.6. The summed E-state index contributed by atoms with van der Waals surface area (Å²) in [6.07, 6.45) is 7.05. The van der Waals surface area contributed by atoms with Crippen molar-refractivity contribution in [3.05, 3.63) is 119 Å². The van der Waals surface area contributed by atoms with E-state index in [9.17, 15) is 4.79 Å². The summed E-state index contributed by atoms with van der Waals surface area (Å²) in [6.45, 7) is 2.38. The lowest BCUT2D eigenvalue weighted by Crippen LogP contribution is -2.59. The third-order valence-electron chi connectivity index (χ3n) is 10.6. The number of ether oxygens (including phenoxy) is 1. The molecule has 2 heteroatoms. The van der Waals surface area contributed by atoms with Gasteiger partial charge in [-0.3, -0.25) is 4.79 Å². The van der Waals surface area contributed by atoms with Crippen LogP contribution < -0.4 is 0 Å². The maximum atomic E-state index is 13.7. The maximum Gasteiger partial charge on any atom is 0.306 e. The highest BCUT2D eigenvalue weighted by Crippen LogP contribution is 2.73. The van der Waals surface area contributed by atoms with Crippen molar-refractivity contribution >= 4 is 5.97 Å². The van der Waals surface area contributed by atoms with Gasteiger partial charge in [-0.25, -0.2) is 0 Å². The molecule has 0 bridgehead atoms. The van der Waals surface area contributed by atoms with Gasteiger partial charge in [0.1, 0.15) is 0 Å². The van der Waals surface area contributed by atoms with Gasteiger partial charge in [0, 0.05) is 10.8 Å². The topological polar surface area (TPSA) is 26.3 Å². The number of rotatable bonds is 5. The Kier molecular flexibility index (Phi) is 5.60. The van der Waals surface area contributed by atoms with Crippen molar-refractivity contribution in [1.29, 1.82) is 0 Å². The van der Waals surface area contributed by atoms with Crippen molar-refractivity contribution in [3.63, 3.8) is 0 Å². The number of carbonyl (C=O) groups is 1. The minimum atomic E-state index is -0.506. The lowest BCUT2D eigenvalue weighted by atomic mass is 9.40. The molecule has 4 aromatic rings. The molecule has 0 saturated heterocycles. The number of fused-ring (bicyclic) bond motifs is 6. The number of carbonyl (C=O) groups excluding carboxylic acids is 1. The Hall–Kier alpha value is -3.65. The van der Waals surface area contributed by atoms with Crippen LogP contribution in [0, 0.1) is 5.41 Å². The molecule has 1 fully saturated rings. The Labute approximate surface area is 232 Å². The summed E-state index contributed by atoms with van der Waals surface area (Å²) in [7, 11) is 1.55. The van der Waals surface area contributed by atoms with E-state index in [-0.39, 0.29) is 16.8 Å². The fraction of sp³-hybridized carbons (Fsp3) is 0.324. The Morgan fingerprint density at radius 2 is 1.00 bits per heavy atom. The lowest BCUT2D eigenvalue weighted by molar-refractivity contribution is -0.144. The van der Waals surface area contributed by atoms with Gasteiger partial charge >= 0.3 is 5.97 Å². The Bertz CT molecular complexity index is 1480. The van der Waals surface area contributed by atoms with Gasteiger partial charge in [0.2, 0.25) is 0 Å². The van der Waals surface area contributed by atoms with Crippen molar-refractivity contribution in [1.82, 2.24) is 0 Å². The summed E-state index contributed by atoms with van der Waals surface area (Å²) in [5.74, 6) is -0.128. The number of benzene rings is 4. The van der Waals surface area contributed by atoms with E-state index in [1.807, 2.05) is 0 Å². The molecule has 0 heterocycles. The highest BCUT2D eigenvalue weighted by molar-refractivity contribution is 5.88. The van der Waals surface area contributed by atoms with Crippen molar-refractivity contribution < 1.29 is 9.53 Å². The molecule has 0 atom stereocenters. The number of esters is 1. The standard InChI is InChI=1S/C37H36O2/c1-3-36(30-19-9-5-15-26(30)27-16-6-10-20-31(27)36)35(23-13-4-14-24-35)37(25-34(38)39-2)32-21-11-7-17-28(32)29-18-8-12-22-33(29)37/h5-12,15-22H,3-4,13-14,23-25H2,1-2H3. The van der Waals surface area contributed by atoms with E-state index >= 15 is 0 Å². The molecule has 3 aliphatic carbocycles. The van der Waals surface area contributed by atoms with Crippen LogP contribution in [-0.4, -0.2) is 13.1 Å². The monoisotopic (exact) mass is 512 g/mol. The first-order valence-corrected chi connectivity index (χ1v) is 14.6.